The van der Waals surface area contributed by atoms with Crippen LogP contribution in [0.25, 0.3) is 0 Å². The van der Waals surface area contributed by atoms with Crippen molar-refractivity contribution < 1.29 is 10.4 Å². The fourth-order valence-corrected chi connectivity index (χ4v) is 2.02. The molecule has 0 aliphatic heterocycles. The summed E-state index contributed by atoms with van der Waals surface area (Å²) >= 11 is 0. The van der Waals surface area contributed by atoms with Gasteiger partial charge >= 0.3 is 0 Å². The van der Waals surface area contributed by atoms with Gasteiger partial charge in [-0.2, -0.15) is 0 Å². The Kier molecular flexibility index (Phi) is 9.98. The molecular formula is C15H34N6O2. The first-order valence-electron chi connectivity index (χ1n) is 7.98. The summed E-state index contributed by atoms with van der Waals surface area (Å²) in [6, 6.07) is 0. The molecular weight excluding hydrogens is 296 g/mol. The van der Waals surface area contributed by atoms with Crippen LogP contribution in [0, 0.1) is 0 Å². The lowest BCUT2D eigenvalue weighted by Gasteiger charge is -2.29. The summed E-state index contributed by atoms with van der Waals surface area (Å²) in [5, 5.41) is 30.5. The number of hydrogen-bond acceptors (Lipinski definition) is 8. The largest absolute Gasteiger partial charge is 0.411 e. The molecule has 0 aliphatic carbocycles. The molecule has 0 unspecified atom stereocenters. The van der Waals surface area contributed by atoms with Crippen LogP contribution in [0.1, 0.15) is 34.6 Å². The Balaban J connectivity index is 4.27. The lowest BCUT2D eigenvalue weighted by molar-refractivity contribution is 0.264. The van der Waals surface area contributed by atoms with Gasteiger partial charge in [0.2, 0.25) is 0 Å². The van der Waals surface area contributed by atoms with Gasteiger partial charge in [0.1, 0.15) is 0 Å². The summed E-state index contributed by atoms with van der Waals surface area (Å²) in [6.45, 7) is 14.3. The van der Waals surface area contributed by atoms with Gasteiger partial charge in [0.15, 0.2) is 0 Å². The first kappa shape index (κ1) is 21.8. The highest BCUT2D eigenvalue weighted by Gasteiger charge is 2.21. The van der Waals surface area contributed by atoms with Gasteiger partial charge in [-0.25, -0.2) is 0 Å². The fourth-order valence-electron chi connectivity index (χ4n) is 2.02. The monoisotopic (exact) mass is 330 g/mol. The molecule has 0 aromatic rings. The van der Waals surface area contributed by atoms with Crippen molar-refractivity contribution in [2.75, 3.05) is 39.3 Å². The average Bonchev–Trinajstić information content (AvgIpc) is 2.45. The maximum absolute atomic E-state index is 8.88. The Morgan fingerprint density at radius 1 is 1.09 bits per heavy atom. The predicted octanol–water partition coefficient (Wildman–Crippen LogP) is 0.294. The first-order valence-corrected chi connectivity index (χ1v) is 7.98. The lowest BCUT2D eigenvalue weighted by Crippen LogP contribution is -2.50. The maximum Gasteiger partial charge on any atom is 0.0734 e. The van der Waals surface area contributed by atoms with Gasteiger partial charge in [0.25, 0.3) is 0 Å². The Morgan fingerprint density at radius 2 is 1.65 bits per heavy atom. The van der Waals surface area contributed by atoms with Crippen molar-refractivity contribution in [2.24, 2.45) is 16.0 Å². The van der Waals surface area contributed by atoms with Crippen LogP contribution in [0.4, 0.5) is 0 Å². The Hall–Kier alpha value is -1.22. The molecule has 0 saturated carbocycles. The topological polar surface area (TPSA) is 119 Å². The molecule has 0 spiro atoms. The number of hydrogen-bond donors (Lipinski definition) is 5. The standard InChI is InChI=1S/C15H34N6O2/c1-13(20-23)15(4,5)18-8-11-21(9-6-16)10-7-17-14(2,3)12-19-22/h12,17-18,22-23H,6-11,16H2,1-5H3/b19-12-,20-13-. The second-order valence-corrected chi connectivity index (χ2v) is 6.76. The van der Waals surface area contributed by atoms with Crippen LogP contribution in [-0.2, 0) is 0 Å². The molecule has 0 aromatic carbocycles. The SMILES string of the molecule is C/C(=N/O)C(C)(C)NCCN(CCN)CCNC(C)(C)/C=N\O. The normalized spacial score (nSPS) is 14.1. The number of nitrogens with zero attached hydrogens (tertiary/aromatic N) is 3. The van der Waals surface area contributed by atoms with Crippen LogP contribution in [0.15, 0.2) is 10.3 Å². The van der Waals surface area contributed by atoms with Gasteiger partial charge in [0.05, 0.1) is 23.0 Å². The third-order valence-corrected chi connectivity index (χ3v) is 3.88. The highest BCUT2D eigenvalue weighted by Crippen LogP contribution is 2.04. The highest BCUT2D eigenvalue weighted by atomic mass is 16.4. The summed E-state index contributed by atoms with van der Waals surface area (Å²) in [4.78, 5) is 2.26. The quantitative estimate of drug-likeness (QED) is 0.199. The molecule has 0 aliphatic rings. The minimum absolute atomic E-state index is 0.346. The van der Waals surface area contributed by atoms with Gasteiger partial charge in [-0.1, -0.05) is 5.16 Å². The van der Waals surface area contributed by atoms with E-state index in [0.717, 1.165) is 32.7 Å². The van der Waals surface area contributed by atoms with E-state index in [2.05, 4.69) is 25.8 Å². The van der Waals surface area contributed by atoms with Crippen LogP contribution < -0.4 is 16.4 Å². The minimum Gasteiger partial charge on any atom is -0.411 e. The molecule has 136 valence electrons. The van der Waals surface area contributed by atoms with E-state index in [1.54, 1.807) is 6.92 Å². The molecule has 0 rings (SSSR count). The first-order chi connectivity index (χ1) is 10.7. The van der Waals surface area contributed by atoms with Crippen molar-refractivity contribution >= 4 is 11.9 Å². The number of oxime groups is 2. The fraction of sp³-hybridized carbons (Fsp3) is 0.867. The van der Waals surface area contributed by atoms with Crippen molar-refractivity contribution in [3.8, 4) is 0 Å². The average molecular weight is 330 g/mol. The maximum atomic E-state index is 8.88. The molecule has 0 fully saturated rings. The molecule has 6 N–H and O–H groups in total. The third-order valence-electron chi connectivity index (χ3n) is 3.88. The summed E-state index contributed by atoms with van der Waals surface area (Å²) in [7, 11) is 0. The van der Waals surface area contributed by atoms with Crippen LogP contribution in [0.2, 0.25) is 0 Å². The minimum atomic E-state index is -0.349. The molecule has 8 heteroatoms. The second kappa shape index (κ2) is 10.5. The van der Waals surface area contributed by atoms with Crippen molar-refractivity contribution in [3.05, 3.63) is 0 Å². The highest BCUT2D eigenvalue weighted by molar-refractivity contribution is 5.90. The van der Waals surface area contributed by atoms with E-state index < -0.39 is 0 Å². The van der Waals surface area contributed by atoms with Gasteiger partial charge in [0, 0.05) is 39.3 Å². The number of nitrogens with one attached hydrogen (secondary N) is 2. The molecule has 8 nitrogen and oxygen atoms in total. The summed E-state index contributed by atoms with van der Waals surface area (Å²) < 4.78 is 0. The molecule has 0 bridgehead atoms. The zero-order chi connectivity index (χ0) is 17.9. The smallest absolute Gasteiger partial charge is 0.0734 e. The number of nitrogens with two attached hydrogens (primary N) is 1. The van der Waals surface area contributed by atoms with Crippen LogP contribution >= 0.6 is 0 Å². The molecule has 0 radical (unpaired) electrons. The van der Waals surface area contributed by atoms with Crippen molar-refractivity contribution in [2.45, 2.75) is 45.7 Å². The lowest BCUT2D eigenvalue weighted by atomic mass is 10.00. The van der Waals surface area contributed by atoms with Gasteiger partial charge < -0.3 is 26.8 Å². The van der Waals surface area contributed by atoms with Gasteiger partial charge in [-0.15, -0.1) is 5.16 Å². The Bertz CT molecular complexity index is 382. The predicted molar refractivity (Wildman–Crippen MR) is 94.8 cm³/mol. The molecule has 0 atom stereocenters. The molecule has 23 heavy (non-hydrogen) atoms. The van der Waals surface area contributed by atoms with E-state index >= 15 is 0 Å². The van der Waals surface area contributed by atoms with Crippen LogP contribution in [-0.4, -0.2) is 77.6 Å². The van der Waals surface area contributed by atoms with E-state index in [4.69, 9.17) is 16.1 Å². The van der Waals surface area contributed by atoms with E-state index in [1.165, 1.54) is 6.21 Å². The summed E-state index contributed by atoms with van der Waals surface area (Å²) in [6.07, 6.45) is 1.47. The Labute approximate surface area is 139 Å². The van der Waals surface area contributed by atoms with E-state index in [-0.39, 0.29) is 11.1 Å². The molecule has 0 amide bonds. The van der Waals surface area contributed by atoms with E-state index in [1.807, 2.05) is 27.7 Å². The van der Waals surface area contributed by atoms with Crippen molar-refractivity contribution in [1.29, 1.82) is 0 Å². The zero-order valence-electron chi connectivity index (χ0n) is 15.1. The molecule has 0 aromatic heterocycles. The van der Waals surface area contributed by atoms with Crippen molar-refractivity contribution in [3.63, 3.8) is 0 Å². The van der Waals surface area contributed by atoms with Crippen molar-refractivity contribution in [1.82, 2.24) is 15.5 Å². The third kappa shape index (κ3) is 9.50. The molecule has 0 heterocycles. The zero-order valence-corrected chi connectivity index (χ0v) is 15.1. The van der Waals surface area contributed by atoms with E-state index in [0.29, 0.717) is 12.3 Å². The Morgan fingerprint density at radius 3 is 2.13 bits per heavy atom. The van der Waals surface area contributed by atoms with E-state index in [9.17, 15) is 0 Å². The second-order valence-electron chi connectivity index (χ2n) is 6.76. The molecule has 0 saturated heterocycles. The summed E-state index contributed by atoms with van der Waals surface area (Å²) in [5.41, 5.74) is 5.63. The summed E-state index contributed by atoms with van der Waals surface area (Å²) in [5.74, 6) is 0. The van der Waals surface area contributed by atoms with Crippen LogP contribution in [0.5, 0.6) is 0 Å². The number of rotatable bonds is 12. The van der Waals surface area contributed by atoms with Gasteiger partial charge in [-0.3, -0.25) is 4.90 Å². The van der Waals surface area contributed by atoms with Crippen LogP contribution in [0.3, 0.4) is 0 Å². The van der Waals surface area contributed by atoms with Gasteiger partial charge in [-0.05, 0) is 34.6 Å².